The molecule has 1 saturated heterocycles. The van der Waals surface area contributed by atoms with E-state index < -0.39 is 0 Å². The molecular weight excluding hydrogens is 276 g/mol. The third-order valence-electron chi connectivity index (χ3n) is 4.84. The summed E-state index contributed by atoms with van der Waals surface area (Å²) in [5, 5.41) is 0. The fourth-order valence-corrected chi connectivity index (χ4v) is 3.27. The molecule has 1 amide bonds. The normalized spacial score (nSPS) is 22.2. The standard InChI is InChI=1S/C18H26N2O2/c1-12(2)15(19)11-13-5-6-16-14(10-13)7-8-20(16)18(21)17-4-3-9-22-17/h5-6,10,12,15,17H,3-4,7-9,11,19H2,1-2H3. The van der Waals surface area contributed by atoms with Crippen molar-refractivity contribution in [1.29, 1.82) is 0 Å². The topological polar surface area (TPSA) is 55.6 Å². The Bertz CT molecular complexity index is 550. The highest BCUT2D eigenvalue weighted by Gasteiger charge is 2.32. The van der Waals surface area contributed by atoms with Gasteiger partial charge in [-0.1, -0.05) is 26.0 Å². The van der Waals surface area contributed by atoms with Crippen molar-refractivity contribution < 1.29 is 9.53 Å². The third-order valence-corrected chi connectivity index (χ3v) is 4.84. The molecule has 0 spiro atoms. The van der Waals surface area contributed by atoms with Crippen LogP contribution in [0.3, 0.4) is 0 Å². The van der Waals surface area contributed by atoms with Gasteiger partial charge in [0, 0.05) is 24.9 Å². The number of amides is 1. The second-order valence-corrected chi connectivity index (χ2v) is 6.82. The number of ether oxygens (including phenoxy) is 1. The Labute approximate surface area is 132 Å². The minimum atomic E-state index is -0.236. The molecule has 0 aromatic heterocycles. The predicted octanol–water partition coefficient (Wildman–Crippen LogP) is 2.28. The van der Waals surface area contributed by atoms with Gasteiger partial charge in [0.05, 0.1) is 0 Å². The lowest BCUT2D eigenvalue weighted by atomic mass is 9.96. The molecule has 1 fully saturated rings. The maximum Gasteiger partial charge on any atom is 0.256 e. The van der Waals surface area contributed by atoms with Crippen molar-refractivity contribution in [2.45, 2.75) is 51.7 Å². The zero-order valence-electron chi connectivity index (χ0n) is 13.5. The number of anilines is 1. The number of benzene rings is 1. The van der Waals surface area contributed by atoms with Crippen molar-refractivity contribution in [2.24, 2.45) is 11.7 Å². The average molecular weight is 302 g/mol. The van der Waals surface area contributed by atoms with E-state index in [0.29, 0.717) is 12.5 Å². The third kappa shape index (κ3) is 3.03. The molecule has 0 saturated carbocycles. The summed E-state index contributed by atoms with van der Waals surface area (Å²) in [6, 6.07) is 6.60. The lowest BCUT2D eigenvalue weighted by Crippen LogP contribution is -2.37. The minimum absolute atomic E-state index is 0.128. The summed E-state index contributed by atoms with van der Waals surface area (Å²) in [5.41, 5.74) is 9.76. The molecule has 4 nitrogen and oxygen atoms in total. The van der Waals surface area contributed by atoms with Crippen LogP contribution in [0.5, 0.6) is 0 Å². The molecule has 1 aromatic rings. The molecule has 2 aliphatic rings. The first kappa shape index (κ1) is 15.5. The molecule has 2 atom stereocenters. The number of rotatable bonds is 4. The van der Waals surface area contributed by atoms with Crippen molar-refractivity contribution in [3.05, 3.63) is 29.3 Å². The highest BCUT2D eigenvalue weighted by atomic mass is 16.5. The van der Waals surface area contributed by atoms with Gasteiger partial charge < -0.3 is 15.4 Å². The van der Waals surface area contributed by atoms with Crippen molar-refractivity contribution in [1.82, 2.24) is 0 Å². The summed E-state index contributed by atoms with van der Waals surface area (Å²) in [4.78, 5) is 14.4. The van der Waals surface area contributed by atoms with Crippen LogP contribution in [0.4, 0.5) is 5.69 Å². The maximum absolute atomic E-state index is 12.5. The molecule has 1 aromatic carbocycles. The lowest BCUT2D eigenvalue weighted by Gasteiger charge is -2.21. The Morgan fingerprint density at radius 1 is 1.45 bits per heavy atom. The number of nitrogens with zero attached hydrogens (tertiary/aromatic N) is 1. The maximum atomic E-state index is 12.5. The van der Waals surface area contributed by atoms with E-state index in [9.17, 15) is 4.79 Å². The van der Waals surface area contributed by atoms with Crippen LogP contribution in [0.25, 0.3) is 0 Å². The van der Waals surface area contributed by atoms with Crippen molar-refractivity contribution in [3.8, 4) is 0 Å². The van der Waals surface area contributed by atoms with E-state index in [1.54, 1.807) is 0 Å². The summed E-state index contributed by atoms with van der Waals surface area (Å²) >= 11 is 0. The van der Waals surface area contributed by atoms with E-state index in [0.717, 1.165) is 37.9 Å². The molecule has 2 heterocycles. The fourth-order valence-electron chi connectivity index (χ4n) is 3.27. The van der Waals surface area contributed by atoms with Gasteiger partial charge in [0.2, 0.25) is 0 Å². The first-order valence-electron chi connectivity index (χ1n) is 8.36. The Balaban J connectivity index is 1.73. The number of carbonyl (C=O) groups excluding carboxylic acids is 1. The number of hydrogen-bond acceptors (Lipinski definition) is 3. The molecule has 0 radical (unpaired) electrons. The van der Waals surface area contributed by atoms with Gasteiger partial charge in [-0.2, -0.15) is 0 Å². The van der Waals surface area contributed by atoms with Crippen LogP contribution in [-0.4, -0.2) is 31.2 Å². The number of nitrogens with two attached hydrogens (primary N) is 1. The smallest absolute Gasteiger partial charge is 0.256 e. The summed E-state index contributed by atoms with van der Waals surface area (Å²) in [6.07, 6.45) is 3.43. The van der Waals surface area contributed by atoms with E-state index in [2.05, 4.69) is 32.0 Å². The Hall–Kier alpha value is -1.39. The molecular formula is C18H26N2O2. The van der Waals surface area contributed by atoms with Crippen molar-refractivity contribution >= 4 is 11.6 Å². The van der Waals surface area contributed by atoms with Crippen molar-refractivity contribution in [2.75, 3.05) is 18.1 Å². The summed E-state index contributed by atoms with van der Waals surface area (Å²) < 4.78 is 5.54. The van der Waals surface area contributed by atoms with E-state index in [1.807, 2.05) is 4.90 Å². The van der Waals surface area contributed by atoms with Crippen LogP contribution in [0.1, 0.15) is 37.8 Å². The van der Waals surface area contributed by atoms with Gasteiger partial charge in [-0.25, -0.2) is 0 Å². The number of fused-ring (bicyclic) bond motifs is 1. The van der Waals surface area contributed by atoms with Gasteiger partial charge in [0.25, 0.3) is 5.91 Å². The van der Waals surface area contributed by atoms with E-state index in [1.165, 1.54) is 11.1 Å². The van der Waals surface area contributed by atoms with Gasteiger partial charge >= 0.3 is 0 Å². The molecule has 0 aliphatic carbocycles. The van der Waals surface area contributed by atoms with Gasteiger partial charge in [-0.05, 0) is 48.8 Å². The van der Waals surface area contributed by atoms with Crippen LogP contribution in [0.2, 0.25) is 0 Å². The second kappa shape index (κ2) is 6.39. The van der Waals surface area contributed by atoms with Crippen LogP contribution in [0, 0.1) is 5.92 Å². The van der Waals surface area contributed by atoms with Crippen LogP contribution in [0.15, 0.2) is 18.2 Å². The van der Waals surface area contributed by atoms with Gasteiger partial charge in [0.15, 0.2) is 0 Å². The van der Waals surface area contributed by atoms with Crippen LogP contribution < -0.4 is 10.6 Å². The first-order chi connectivity index (χ1) is 10.6. The Morgan fingerprint density at radius 3 is 2.95 bits per heavy atom. The second-order valence-electron chi connectivity index (χ2n) is 6.82. The molecule has 2 aliphatic heterocycles. The minimum Gasteiger partial charge on any atom is -0.368 e. The molecule has 0 bridgehead atoms. The van der Waals surface area contributed by atoms with Gasteiger partial charge in [0.1, 0.15) is 6.10 Å². The highest BCUT2D eigenvalue weighted by molar-refractivity contribution is 5.98. The molecule has 22 heavy (non-hydrogen) atoms. The SMILES string of the molecule is CC(C)C(N)Cc1ccc2c(c1)CCN2C(=O)C1CCCO1. The molecule has 120 valence electrons. The zero-order chi connectivity index (χ0) is 15.7. The summed E-state index contributed by atoms with van der Waals surface area (Å²) in [7, 11) is 0. The Kier molecular flexibility index (Phi) is 4.50. The van der Waals surface area contributed by atoms with E-state index in [4.69, 9.17) is 10.5 Å². The highest BCUT2D eigenvalue weighted by Crippen LogP contribution is 2.31. The number of carbonyl (C=O) groups is 1. The van der Waals surface area contributed by atoms with Crippen molar-refractivity contribution in [3.63, 3.8) is 0 Å². The van der Waals surface area contributed by atoms with E-state index >= 15 is 0 Å². The average Bonchev–Trinajstić information content (AvgIpc) is 3.15. The Morgan fingerprint density at radius 2 is 2.27 bits per heavy atom. The largest absolute Gasteiger partial charge is 0.368 e. The number of hydrogen-bond donors (Lipinski definition) is 1. The molecule has 2 unspecified atom stereocenters. The summed E-state index contributed by atoms with van der Waals surface area (Å²) in [6.45, 7) is 5.79. The van der Waals surface area contributed by atoms with Crippen LogP contribution in [-0.2, 0) is 22.4 Å². The van der Waals surface area contributed by atoms with Gasteiger partial charge in [-0.3, -0.25) is 4.79 Å². The van der Waals surface area contributed by atoms with Crippen LogP contribution >= 0.6 is 0 Å². The summed E-state index contributed by atoms with van der Waals surface area (Å²) in [5.74, 6) is 0.605. The first-order valence-corrected chi connectivity index (χ1v) is 8.36. The quantitative estimate of drug-likeness (QED) is 0.928. The monoisotopic (exact) mass is 302 g/mol. The van der Waals surface area contributed by atoms with E-state index in [-0.39, 0.29) is 18.1 Å². The lowest BCUT2D eigenvalue weighted by molar-refractivity contribution is -0.127. The van der Waals surface area contributed by atoms with Gasteiger partial charge in [-0.15, -0.1) is 0 Å². The fraction of sp³-hybridized carbons (Fsp3) is 0.611. The predicted molar refractivity (Wildman–Crippen MR) is 88.0 cm³/mol. The molecule has 4 heteroatoms. The molecule has 2 N–H and O–H groups in total. The molecule has 3 rings (SSSR count). The zero-order valence-corrected chi connectivity index (χ0v) is 13.5.